The first-order chi connectivity index (χ1) is 8.86. The van der Waals surface area contributed by atoms with Gasteiger partial charge in [0.2, 0.25) is 0 Å². The lowest BCUT2D eigenvalue weighted by Crippen LogP contribution is -2.37. The average Bonchev–Trinajstić information content (AvgIpc) is 2.33. The minimum Gasteiger partial charge on any atom is -0.479 e. The molecule has 0 fully saturated rings. The van der Waals surface area contributed by atoms with Crippen molar-refractivity contribution in [2.24, 2.45) is 0 Å². The summed E-state index contributed by atoms with van der Waals surface area (Å²) in [6, 6.07) is 3.38. The largest absolute Gasteiger partial charge is 0.479 e. The van der Waals surface area contributed by atoms with Crippen LogP contribution in [0, 0.1) is 13.8 Å². The number of ether oxygens (including phenoxy) is 1. The Morgan fingerprint density at radius 1 is 1.37 bits per heavy atom. The van der Waals surface area contributed by atoms with Crippen LogP contribution in [0.5, 0.6) is 0 Å². The van der Waals surface area contributed by atoms with Crippen LogP contribution in [0.2, 0.25) is 5.02 Å². The van der Waals surface area contributed by atoms with Crippen LogP contribution >= 0.6 is 11.6 Å². The van der Waals surface area contributed by atoms with Crippen LogP contribution in [0.3, 0.4) is 0 Å². The molecular weight excluding hydrogens is 270 g/mol. The summed E-state index contributed by atoms with van der Waals surface area (Å²) in [6.45, 7) is 3.65. The number of carboxylic acids is 1. The second-order valence-electron chi connectivity index (χ2n) is 4.19. The number of carbonyl (C=O) groups excluding carboxylic acids is 1. The van der Waals surface area contributed by atoms with Crippen LogP contribution in [-0.4, -0.2) is 36.7 Å². The molecule has 0 aliphatic carbocycles. The topological polar surface area (TPSA) is 75.6 Å². The molecule has 0 bridgehead atoms. The number of halogens is 1. The highest BCUT2D eigenvalue weighted by atomic mass is 35.5. The Balaban J connectivity index is 2.79. The van der Waals surface area contributed by atoms with Crippen molar-refractivity contribution in [1.82, 2.24) is 5.32 Å². The molecule has 1 aromatic rings. The van der Waals surface area contributed by atoms with E-state index >= 15 is 0 Å². The van der Waals surface area contributed by atoms with Crippen molar-refractivity contribution in [2.45, 2.75) is 20.0 Å². The zero-order valence-corrected chi connectivity index (χ0v) is 11.7. The van der Waals surface area contributed by atoms with Crippen molar-refractivity contribution in [3.05, 3.63) is 33.8 Å². The van der Waals surface area contributed by atoms with Crippen molar-refractivity contribution in [3.63, 3.8) is 0 Å². The van der Waals surface area contributed by atoms with Crippen molar-refractivity contribution in [2.75, 3.05) is 13.7 Å². The number of hydrogen-bond donors (Lipinski definition) is 2. The molecule has 2 N–H and O–H groups in total. The molecular formula is C13H16ClNO4. The lowest BCUT2D eigenvalue weighted by atomic mass is 10.1. The Morgan fingerprint density at radius 2 is 1.95 bits per heavy atom. The molecule has 0 aliphatic heterocycles. The van der Waals surface area contributed by atoms with Crippen molar-refractivity contribution in [1.29, 1.82) is 0 Å². The highest BCUT2D eigenvalue weighted by Crippen LogP contribution is 2.20. The van der Waals surface area contributed by atoms with E-state index in [1.807, 2.05) is 13.8 Å². The van der Waals surface area contributed by atoms with Crippen LogP contribution in [0.4, 0.5) is 0 Å². The van der Waals surface area contributed by atoms with Gasteiger partial charge in [-0.3, -0.25) is 4.79 Å². The monoisotopic (exact) mass is 285 g/mol. The summed E-state index contributed by atoms with van der Waals surface area (Å²) in [6.07, 6.45) is -1.07. The molecule has 0 saturated heterocycles. The summed E-state index contributed by atoms with van der Waals surface area (Å²) in [5.74, 6) is -1.55. The third-order valence-electron chi connectivity index (χ3n) is 2.84. The van der Waals surface area contributed by atoms with Crippen LogP contribution in [-0.2, 0) is 9.53 Å². The first-order valence-corrected chi connectivity index (χ1v) is 6.05. The predicted octanol–water partition coefficient (Wildman–Crippen LogP) is 1.79. The number of methoxy groups -OCH3 is 1. The minimum atomic E-state index is -1.13. The fourth-order valence-electron chi connectivity index (χ4n) is 1.51. The zero-order chi connectivity index (χ0) is 14.6. The second-order valence-corrected chi connectivity index (χ2v) is 4.60. The van der Waals surface area contributed by atoms with E-state index in [-0.39, 0.29) is 6.54 Å². The molecule has 0 aromatic heterocycles. The molecule has 104 valence electrons. The van der Waals surface area contributed by atoms with Crippen molar-refractivity contribution >= 4 is 23.5 Å². The summed E-state index contributed by atoms with van der Waals surface area (Å²) < 4.78 is 4.72. The molecule has 0 saturated carbocycles. The molecule has 6 heteroatoms. The molecule has 0 radical (unpaired) electrons. The number of carboxylic acid groups (broad SMARTS) is 1. The van der Waals surface area contributed by atoms with Gasteiger partial charge in [0.15, 0.2) is 6.10 Å². The zero-order valence-electron chi connectivity index (χ0n) is 11.0. The first-order valence-electron chi connectivity index (χ1n) is 5.67. The lowest BCUT2D eigenvalue weighted by Gasteiger charge is -2.13. The van der Waals surface area contributed by atoms with Crippen LogP contribution in [0.15, 0.2) is 12.1 Å². The molecule has 1 aromatic carbocycles. The standard InChI is InChI=1S/C13H16ClNO4/c1-7-4-9(10(14)5-8(7)2)12(16)15-6-11(19-3)13(17)18/h4-5,11H,6H2,1-3H3,(H,15,16)(H,17,18). The second kappa shape index (κ2) is 6.54. The van der Waals surface area contributed by atoms with Crippen LogP contribution < -0.4 is 5.32 Å². The number of aryl methyl sites for hydroxylation is 2. The van der Waals surface area contributed by atoms with Gasteiger partial charge in [0.1, 0.15) is 0 Å². The summed E-state index contributed by atoms with van der Waals surface area (Å²) in [5, 5.41) is 11.6. The number of amides is 1. The average molecular weight is 286 g/mol. The summed E-state index contributed by atoms with van der Waals surface area (Å²) >= 11 is 6.00. The summed E-state index contributed by atoms with van der Waals surface area (Å²) in [7, 11) is 1.27. The smallest absolute Gasteiger partial charge is 0.334 e. The van der Waals surface area contributed by atoms with Gasteiger partial charge in [-0.05, 0) is 37.1 Å². The van der Waals surface area contributed by atoms with E-state index in [9.17, 15) is 9.59 Å². The van der Waals surface area contributed by atoms with Gasteiger partial charge in [-0.1, -0.05) is 11.6 Å². The van der Waals surface area contributed by atoms with Gasteiger partial charge in [-0.15, -0.1) is 0 Å². The molecule has 1 amide bonds. The Kier molecular flexibility index (Phi) is 5.32. The maximum absolute atomic E-state index is 11.9. The molecule has 0 spiro atoms. The van der Waals surface area contributed by atoms with Gasteiger partial charge in [0.25, 0.3) is 5.91 Å². The quantitative estimate of drug-likeness (QED) is 0.865. The molecule has 1 rings (SSSR count). The van der Waals surface area contributed by atoms with E-state index in [0.29, 0.717) is 10.6 Å². The van der Waals surface area contributed by atoms with Crippen LogP contribution in [0.1, 0.15) is 21.5 Å². The fraction of sp³-hybridized carbons (Fsp3) is 0.385. The van der Waals surface area contributed by atoms with E-state index in [4.69, 9.17) is 21.4 Å². The SMILES string of the molecule is COC(CNC(=O)c1cc(C)c(C)cc1Cl)C(=O)O. The summed E-state index contributed by atoms with van der Waals surface area (Å²) in [4.78, 5) is 22.7. The number of rotatable bonds is 5. The Hall–Kier alpha value is -1.59. The van der Waals surface area contributed by atoms with Gasteiger partial charge in [-0.25, -0.2) is 4.79 Å². The highest BCUT2D eigenvalue weighted by molar-refractivity contribution is 6.34. The highest BCUT2D eigenvalue weighted by Gasteiger charge is 2.19. The van der Waals surface area contributed by atoms with E-state index < -0.39 is 18.0 Å². The molecule has 5 nitrogen and oxygen atoms in total. The number of aliphatic carboxylic acids is 1. The molecule has 1 atom stereocenters. The van der Waals surface area contributed by atoms with E-state index in [2.05, 4.69) is 5.32 Å². The Bertz CT molecular complexity index is 502. The maximum atomic E-state index is 11.9. The predicted molar refractivity (Wildman–Crippen MR) is 71.7 cm³/mol. The number of benzene rings is 1. The fourth-order valence-corrected chi connectivity index (χ4v) is 1.81. The van der Waals surface area contributed by atoms with Crippen molar-refractivity contribution in [3.8, 4) is 0 Å². The maximum Gasteiger partial charge on any atom is 0.334 e. The van der Waals surface area contributed by atoms with Crippen molar-refractivity contribution < 1.29 is 19.4 Å². The van der Waals surface area contributed by atoms with Gasteiger partial charge in [0, 0.05) is 7.11 Å². The van der Waals surface area contributed by atoms with Gasteiger partial charge in [-0.2, -0.15) is 0 Å². The summed E-state index contributed by atoms with van der Waals surface area (Å²) in [5.41, 5.74) is 2.25. The lowest BCUT2D eigenvalue weighted by molar-refractivity contribution is -0.148. The van der Waals surface area contributed by atoms with E-state index in [1.165, 1.54) is 7.11 Å². The number of carbonyl (C=O) groups is 2. The Morgan fingerprint density at radius 3 is 2.47 bits per heavy atom. The third kappa shape index (κ3) is 3.94. The van der Waals surface area contributed by atoms with Gasteiger partial charge in [0.05, 0.1) is 17.1 Å². The van der Waals surface area contributed by atoms with Gasteiger partial charge < -0.3 is 15.2 Å². The Labute approximate surface area is 116 Å². The van der Waals surface area contributed by atoms with Gasteiger partial charge >= 0.3 is 5.97 Å². The molecule has 0 heterocycles. The number of nitrogens with one attached hydrogen (secondary N) is 1. The van der Waals surface area contributed by atoms with Crippen LogP contribution in [0.25, 0.3) is 0 Å². The molecule has 0 aliphatic rings. The molecule has 1 unspecified atom stereocenters. The molecule has 19 heavy (non-hydrogen) atoms. The third-order valence-corrected chi connectivity index (χ3v) is 3.15. The normalized spacial score (nSPS) is 12.0. The van der Waals surface area contributed by atoms with E-state index in [0.717, 1.165) is 11.1 Å². The number of hydrogen-bond acceptors (Lipinski definition) is 3. The first kappa shape index (κ1) is 15.5. The minimum absolute atomic E-state index is 0.117. The van der Waals surface area contributed by atoms with E-state index in [1.54, 1.807) is 12.1 Å².